The SMILES string of the molecule is CCCCOc1cc(OCCCN2CCCCC2)cc2c1-c1c(OCCCN3CCCCC3)cccc1C2=O. The zero-order valence-corrected chi connectivity index (χ0v) is 23.8. The molecule has 3 aliphatic rings. The van der Waals surface area contributed by atoms with Gasteiger partial charge in [-0.05, 0) is 83.3 Å². The van der Waals surface area contributed by atoms with Crippen molar-refractivity contribution in [3.63, 3.8) is 0 Å². The maximum atomic E-state index is 13.6. The number of likely N-dealkylation sites (tertiary alicyclic amines) is 2. The summed E-state index contributed by atoms with van der Waals surface area (Å²) in [6.07, 6.45) is 11.9. The fourth-order valence-corrected chi connectivity index (χ4v) is 6.11. The topological polar surface area (TPSA) is 51.2 Å². The predicted octanol–water partition coefficient (Wildman–Crippen LogP) is 6.59. The number of ketones is 1. The summed E-state index contributed by atoms with van der Waals surface area (Å²) in [5, 5.41) is 0. The summed E-state index contributed by atoms with van der Waals surface area (Å²) in [5.41, 5.74) is 3.09. The first-order valence-electron chi connectivity index (χ1n) is 15.4. The molecule has 0 N–H and O–H groups in total. The summed E-state index contributed by atoms with van der Waals surface area (Å²) in [6.45, 7) is 11.0. The Kier molecular flexibility index (Phi) is 10.2. The second kappa shape index (κ2) is 14.2. The van der Waals surface area contributed by atoms with Crippen LogP contribution in [0.4, 0.5) is 0 Å². The van der Waals surface area contributed by atoms with Gasteiger partial charge in [-0.15, -0.1) is 0 Å². The number of carbonyl (C=O) groups is 1. The molecule has 0 unspecified atom stereocenters. The first-order chi connectivity index (χ1) is 19.2. The second-order valence-corrected chi connectivity index (χ2v) is 11.3. The lowest BCUT2D eigenvalue weighted by Crippen LogP contribution is -2.31. The van der Waals surface area contributed by atoms with Crippen LogP contribution >= 0.6 is 0 Å². The molecular weight excluding hydrogens is 488 g/mol. The Labute approximate surface area is 234 Å². The van der Waals surface area contributed by atoms with Crippen LogP contribution in [0.25, 0.3) is 11.1 Å². The van der Waals surface area contributed by atoms with Crippen molar-refractivity contribution in [2.24, 2.45) is 0 Å². The van der Waals surface area contributed by atoms with Gasteiger partial charge in [-0.1, -0.05) is 38.3 Å². The van der Waals surface area contributed by atoms with Gasteiger partial charge in [0, 0.05) is 41.4 Å². The smallest absolute Gasteiger partial charge is 0.194 e. The van der Waals surface area contributed by atoms with Crippen LogP contribution in [-0.4, -0.2) is 74.7 Å². The van der Waals surface area contributed by atoms with E-state index >= 15 is 0 Å². The van der Waals surface area contributed by atoms with Crippen LogP contribution < -0.4 is 14.2 Å². The number of rotatable bonds is 14. The number of unbranched alkanes of at least 4 members (excludes halogenated alkanes) is 1. The lowest BCUT2D eigenvalue weighted by molar-refractivity contribution is 0.104. The maximum absolute atomic E-state index is 13.6. The molecule has 0 saturated carbocycles. The number of nitrogens with zero attached hydrogens (tertiary/aromatic N) is 2. The third-order valence-corrected chi connectivity index (χ3v) is 8.26. The van der Waals surface area contributed by atoms with Crippen molar-refractivity contribution < 1.29 is 19.0 Å². The third kappa shape index (κ3) is 7.15. The van der Waals surface area contributed by atoms with E-state index in [9.17, 15) is 4.79 Å². The first-order valence-corrected chi connectivity index (χ1v) is 15.4. The fraction of sp³-hybridized carbons (Fsp3) is 0.606. The van der Waals surface area contributed by atoms with Crippen molar-refractivity contribution in [2.45, 2.75) is 71.1 Å². The van der Waals surface area contributed by atoms with Gasteiger partial charge in [0.25, 0.3) is 0 Å². The van der Waals surface area contributed by atoms with Crippen molar-refractivity contribution in [3.05, 3.63) is 41.5 Å². The summed E-state index contributed by atoms with van der Waals surface area (Å²) in [4.78, 5) is 18.6. The van der Waals surface area contributed by atoms with Gasteiger partial charge in [-0.2, -0.15) is 0 Å². The van der Waals surface area contributed by atoms with Gasteiger partial charge in [-0.25, -0.2) is 0 Å². The average Bonchev–Trinajstić information content (AvgIpc) is 3.27. The highest BCUT2D eigenvalue weighted by molar-refractivity contribution is 6.23. The highest BCUT2D eigenvalue weighted by atomic mass is 16.5. The Morgan fingerprint density at radius 1 is 0.667 bits per heavy atom. The zero-order valence-electron chi connectivity index (χ0n) is 23.8. The third-order valence-electron chi connectivity index (χ3n) is 8.26. The summed E-state index contributed by atoms with van der Waals surface area (Å²) in [7, 11) is 0. The number of hydrogen-bond acceptors (Lipinski definition) is 6. The molecule has 6 heteroatoms. The molecule has 2 saturated heterocycles. The van der Waals surface area contributed by atoms with Gasteiger partial charge >= 0.3 is 0 Å². The van der Waals surface area contributed by atoms with E-state index in [4.69, 9.17) is 14.2 Å². The van der Waals surface area contributed by atoms with Crippen molar-refractivity contribution in [2.75, 3.05) is 59.1 Å². The molecule has 2 aromatic carbocycles. The Morgan fingerprint density at radius 3 is 1.92 bits per heavy atom. The predicted molar refractivity (Wildman–Crippen MR) is 157 cm³/mol. The molecule has 39 heavy (non-hydrogen) atoms. The molecule has 2 fully saturated rings. The van der Waals surface area contributed by atoms with Crippen molar-refractivity contribution in [1.29, 1.82) is 0 Å². The standard InChI is InChI=1S/C33H46N2O4/c1-2-3-21-39-30-25-26(37-22-11-19-34-15-6-4-7-16-34)24-28-32(30)31-27(33(28)36)13-10-14-29(31)38-23-12-20-35-17-8-5-9-18-35/h10,13-14,24-25H,2-9,11-12,15-23H2,1H3. The summed E-state index contributed by atoms with van der Waals surface area (Å²) in [5.74, 6) is 2.24. The first kappa shape index (κ1) is 28.0. The molecular formula is C33H46N2O4. The summed E-state index contributed by atoms with van der Waals surface area (Å²) >= 11 is 0. The van der Waals surface area contributed by atoms with Gasteiger partial charge in [-0.3, -0.25) is 4.79 Å². The van der Waals surface area contributed by atoms with E-state index in [1.54, 1.807) is 0 Å². The van der Waals surface area contributed by atoms with E-state index in [-0.39, 0.29) is 5.78 Å². The highest BCUT2D eigenvalue weighted by Crippen LogP contribution is 2.49. The van der Waals surface area contributed by atoms with E-state index in [2.05, 4.69) is 16.7 Å². The fourth-order valence-electron chi connectivity index (χ4n) is 6.11. The Morgan fingerprint density at radius 2 is 1.26 bits per heavy atom. The number of ether oxygens (including phenoxy) is 3. The number of hydrogen-bond donors (Lipinski definition) is 0. The Hall–Kier alpha value is -2.57. The van der Waals surface area contributed by atoms with E-state index < -0.39 is 0 Å². The molecule has 0 bridgehead atoms. The number of benzene rings is 2. The van der Waals surface area contributed by atoms with Crippen molar-refractivity contribution >= 4 is 5.78 Å². The molecule has 0 atom stereocenters. The van der Waals surface area contributed by atoms with Crippen LogP contribution in [-0.2, 0) is 0 Å². The van der Waals surface area contributed by atoms with Crippen LogP contribution in [0.5, 0.6) is 17.2 Å². The summed E-state index contributed by atoms with van der Waals surface area (Å²) in [6, 6.07) is 9.71. The molecule has 6 nitrogen and oxygen atoms in total. The lowest BCUT2D eigenvalue weighted by atomic mass is 10.0. The van der Waals surface area contributed by atoms with E-state index in [0.29, 0.717) is 36.7 Å². The minimum atomic E-state index is 0.0258. The normalized spacial score (nSPS) is 17.6. The Balaban J connectivity index is 1.29. The van der Waals surface area contributed by atoms with E-state index in [1.807, 2.05) is 30.3 Å². The molecule has 0 spiro atoms. The quantitative estimate of drug-likeness (QED) is 0.218. The number of fused-ring (bicyclic) bond motifs is 3. The average molecular weight is 535 g/mol. The molecule has 2 aliphatic heterocycles. The van der Waals surface area contributed by atoms with E-state index in [1.165, 1.54) is 64.7 Å². The molecule has 0 amide bonds. The number of piperidine rings is 2. The zero-order chi connectivity index (χ0) is 26.9. The Bertz CT molecular complexity index is 1090. The van der Waals surface area contributed by atoms with Crippen LogP contribution in [0.1, 0.15) is 87.1 Å². The van der Waals surface area contributed by atoms with Gasteiger partial charge in [0.1, 0.15) is 17.2 Å². The minimum absolute atomic E-state index is 0.0258. The van der Waals surface area contributed by atoms with Gasteiger partial charge in [0.05, 0.1) is 19.8 Å². The van der Waals surface area contributed by atoms with Gasteiger partial charge in [0.2, 0.25) is 0 Å². The van der Waals surface area contributed by atoms with Crippen LogP contribution in [0, 0.1) is 0 Å². The van der Waals surface area contributed by atoms with Crippen LogP contribution in [0.2, 0.25) is 0 Å². The monoisotopic (exact) mass is 534 g/mol. The number of carbonyl (C=O) groups excluding carboxylic acids is 1. The van der Waals surface area contributed by atoms with Crippen LogP contribution in [0.15, 0.2) is 30.3 Å². The van der Waals surface area contributed by atoms with Gasteiger partial charge < -0.3 is 24.0 Å². The molecule has 212 valence electrons. The molecule has 1 aliphatic carbocycles. The van der Waals surface area contributed by atoms with E-state index in [0.717, 1.165) is 61.4 Å². The molecule has 2 aromatic rings. The molecule has 0 aromatic heterocycles. The summed E-state index contributed by atoms with van der Waals surface area (Å²) < 4.78 is 18.8. The van der Waals surface area contributed by atoms with Crippen LogP contribution in [0.3, 0.4) is 0 Å². The molecule has 5 rings (SSSR count). The van der Waals surface area contributed by atoms with Crippen molar-refractivity contribution in [3.8, 4) is 28.4 Å². The lowest BCUT2D eigenvalue weighted by Gasteiger charge is -2.26. The largest absolute Gasteiger partial charge is 0.493 e. The van der Waals surface area contributed by atoms with Gasteiger partial charge in [0.15, 0.2) is 5.78 Å². The molecule has 2 heterocycles. The maximum Gasteiger partial charge on any atom is 0.194 e. The second-order valence-electron chi connectivity index (χ2n) is 11.3. The minimum Gasteiger partial charge on any atom is -0.493 e. The highest BCUT2D eigenvalue weighted by Gasteiger charge is 2.33. The van der Waals surface area contributed by atoms with Crippen molar-refractivity contribution in [1.82, 2.24) is 9.80 Å². The molecule has 0 radical (unpaired) electrons.